The van der Waals surface area contributed by atoms with Crippen molar-refractivity contribution in [2.45, 2.75) is 26.8 Å². The molecule has 0 N–H and O–H groups in total. The molecule has 2 aromatic heterocycles. The predicted molar refractivity (Wildman–Crippen MR) is 88.9 cm³/mol. The smallest absolute Gasteiger partial charge is 0.241 e. The molecule has 2 aromatic rings. The van der Waals surface area contributed by atoms with Crippen LogP contribution in [0.4, 0.5) is 0 Å². The molecular weight excluding hydrogens is 312 g/mol. The SMILES string of the molecule is CC[C@@H](C)C(=O)N1CCN(Cc2nc(-c3cccs3)no2)CC1. The highest BCUT2D eigenvalue weighted by Gasteiger charge is 2.25. The van der Waals surface area contributed by atoms with Crippen LogP contribution in [-0.2, 0) is 11.3 Å². The lowest BCUT2D eigenvalue weighted by molar-refractivity contribution is -0.136. The first kappa shape index (κ1) is 16.1. The van der Waals surface area contributed by atoms with Crippen LogP contribution in [0.25, 0.3) is 10.7 Å². The number of piperazine rings is 1. The van der Waals surface area contributed by atoms with Gasteiger partial charge in [0.25, 0.3) is 0 Å². The van der Waals surface area contributed by atoms with Gasteiger partial charge in [0.05, 0.1) is 11.4 Å². The lowest BCUT2D eigenvalue weighted by Crippen LogP contribution is -2.49. The fourth-order valence-corrected chi connectivity index (χ4v) is 3.28. The van der Waals surface area contributed by atoms with Crippen LogP contribution in [0, 0.1) is 5.92 Å². The van der Waals surface area contributed by atoms with Crippen LogP contribution in [0.1, 0.15) is 26.2 Å². The minimum atomic E-state index is 0.117. The molecule has 0 saturated carbocycles. The predicted octanol–water partition coefficient (Wildman–Crippen LogP) is 2.49. The summed E-state index contributed by atoms with van der Waals surface area (Å²) in [6.07, 6.45) is 0.895. The minimum absolute atomic E-state index is 0.117. The molecule has 7 heteroatoms. The van der Waals surface area contributed by atoms with E-state index in [-0.39, 0.29) is 11.8 Å². The van der Waals surface area contributed by atoms with Gasteiger partial charge in [0, 0.05) is 32.1 Å². The quantitative estimate of drug-likeness (QED) is 0.840. The van der Waals surface area contributed by atoms with Crippen molar-refractivity contribution >= 4 is 17.2 Å². The van der Waals surface area contributed by atoms with Crippen LogP contribution in [0.3, 0.4) is 0 Å². The maximum atomic E-state index is 12.2. The lowest BCUT2D eigenvalue weighted by atomic mass is 10.1. The van der Waals surface area contributed by atoms with E-state index in [4.69, 9.17) is 4.52 Å². The number of carbonyl (C=O) groups is 1. The first-order chi connectivity index (χ1) is 11.2. The molecule has 6 nitrogen and oxygen atoms in total. The summed E-state index contributed by atoms with van der Waals surface area (Å²) in [7, 11) is 0. The number of thiophene rings is 1. The van der Waals surface area contributed by atoms with Gasteiger partial charge in [0.1, 0.15) is 0 Å². The van der Waals surface area contributed by atoms with Crippen LogP contribution in [0.15, 0.2) is 22.0 Å². The molecule has 1 atom stereocenters. The van der Waals surface area contributed by atoms with E-state index in [0.29, 0.717) is 18.3 Å². The van der Waals surface area contributed by atoms with Crippen LogP contribution >= 0.6 is 11.3 Å². The van der Waals surface area contributed by atoms with Crippen LogP contribution in [0.2, 0.25) is 0 Å². The summed E-state index contributed by atoms with van der Waals surface area (Å²) >= 11 is 1.60. The highest BCUT2D eigenvalue weighted by Crippen LogP contribution is 2.21. The first-order valence-electron chi connectivity index (χ1n) is 8.05. The summed E-state index contributed by atoms with van der Waals surface area (Å²) < 4.78 is 5.34. The second-order valence-electron chi connectivity index (χ2n) is 5.90. The molecule has 0 radical (unpaired) electrons. The molecular formula is C16H22N4O2S. The topological polar surface area (TPSA) is 62.5 Å². The van der Waals surface area contributed by atoms with Crippen LogP contribution in [0.5, 0.6) is 0 Å². The van der Waals surface area contributed by atoms with E-state index in [1.54, 1.807) is 11.3 Å². The number of hydrogen-bond acceptors (Lipinski definition) is 6. The highest BCUT2D eigenvalue weighted by atomic mass is 32.1. The van der Waals surface area contributed by atoms with Gasteiger partial charge in [-0.2, -0.15) is 4.98 Å². The number of rotatable bonds is 5. The van der Waals surface area contributed by atoms with Crippen LogP contribution in [-0.4, -0.2) is 52.0 Å². The Morgan fingerprint density at radius 1 is 1.39 bits per heavy atom. The largest absolute Gasteiger partial charge is 0.340 e. The maximum absolute atomic E-state index is 12.2. The van der Waals surface area contributed by atoms with E-state index in [0.717, 1.165) is 37.5 Å². The highest BCUT2D eigenvalue weighted by molar-refractivity contribution is 7.13. The molecule has 1 fully saturated rings. The number of aromatic nitrogens is 2. The monoisotopic (exact) mass is 334 g/mol. The van der Waals surface area contributed by atoms with Crippen molar-refractivity contribution in [3.8, 4) is 10.7 Å². The van der Waals surface area contributed by atoms with Gasteiger partial charge in [0.15, 0.2) is 0 Å². The number of hydrogen-bond donors (Lipinski definition) is 0. The Kier molecular flexibility index (Phi) is 5.07. The summed E-state index contributed by atoms with van der Waals surface area (Å²) in [5.41, 5.74) is 0. The molecule has 3 rings (SSSR count). The Bertz CT molecular complexity index is 632. The van der Waals surface area contributed by atoms with Crippen molar-refractivity contribution in [1.82, 2.24) is 19.9 Å². The van der Waals surface area contributed by atoms with E-state index >= 15 is 0 Å². The van der Waals surface area contributed by atoms with Crippen molar-refractivity contribution in [3.05, 3.63) is 23.4 Å². The third kappa shape index (κ3) is 3.79. The molecule has 1 amide bonds. The van der Waals surface area contributed by atoms with Crippen molar-refractivity contribution in [1.29, 1.82) is 0 Å². The summed E-state index contributed by atoms with van der Waals surface area (Å²) in [4.78, 5) is 21.9. The summed E-state index contributed by atoms with van der Waals surface area (Å²) in [5.74, 6) is 1.67. The molecule has 0 unspecified atom stereocenters. The number of carbonyl (C=O) groups excluding carboxylic acids is 1. The van der Waals surface area contributed by atoms with Gasteiger partial charge in [-0.3, -0.25) is 9.69 Å². The minimum Gasteiger partial charge on any atom is -0.340 e. The Labute approximate surface area is 140 Å². The second kappa shape index (κ2) is 7.23. The molecule has 0 aliphatic carbocycles. The molecule has 23 heavy (non-hydrogen) atoms. The molecule has 124 valence electrons. The third-order valence-corrected chi connectivity index (χ3v) is 5.15. The summed E-state index contributed by atoms with van der Waals surface area (Å²) in [6, 6.07) is 3.96. The van der Waals surface area contributed by atoms with E-state index in [1.165, 1.54) is 0 Å². The molecule has 1 saturated heterocycles. The molecule has 3 heterocycles. The zero-order valence-corrected chi connectivity index (χ0v) is 14.4. The summed E-state index contributed by atoms with van der Waals surface area (Å²) in [6.45, 7) is 7.94. The Hall–Kier alpha value is -1.73. The third-order valence-electron chi connectivity index (χ3n) is 4.29. The fourth-order valence-electron chi connectivity index (χ4n) is 2.63. The lowest BCUT2D eigenvalue weighted by Gasteiger charge is -2.35. The first-order valence-corrected chi connectivity index (χ1v) is 8.93. The van der Waals surface area contributed by atoms with E-state index in [2.05, 4.69) is 22.0 Å². The average Bonchev–Trinajstić information content (AvgIpc) is 3.25. The normalized spacial score (nSPS) is 17.4. The molecule has 0 aromatic carbocycles. The van der Waals surface area contributed by atoms with Gasteiger partial charge in [-0.15, -0.1) is 11.3 Å². The number of amides is 1. The van der Waals surface area contributed by atoms with Crippen molar-refractivity contribution in [3.63, 3.8) is 0 Å². The van der Waals surface area contributed by atoms with Gasteiger partial charge < -0.3 is 9.42 Å². The maximum Gasteiger partial charge on any atom is 0.241 e. The van der Waals surface area contributed by atoms with E-state index < -0.39 is 0 Å². The molecule has 0 spiro atoms. The summed E-state index contributed by atoms with van der Waals surface area (Å²) in [5, 5.41) is 6.03. The molecule has 1 aliphatic heterocycles. The van der Waals surface area contributed by atoms with Gasteiger partial charge in [-0.1, -0.05) is 25.1 Å². The Morgan fingerprint density at radius 2 is 2.17 bits per heavy atom. The van der Waals surface area contributed by atoms with Gasteiger partial charge in [-0.25, -0.2) is 0 Å². The van der Waals surface area contributed by atoms with Gasteiger partial charge >= 0.3 is 0 Å². The Balaban J connectivity index is 1.52. The zero-order valence-electron chi connectivity index (χ0n) is 13.6. The van der Waals surface area contributed by atoms with Crippen molar-refractivity contribution < 1.29 is 9.32 Å². The number of nitrogens with zero attached hydrogens (tertiary/aromatic N) is 4. The zero-order chi connectivity index (χ0) is 16.2. The fraction of sp³-hybridized carbons (Fsp3) is 0.562. The van der Waals surface area contributed by atoms with E-state index in [9.17, 15) is 4.79 Å². The van der Waals surface area contributed by atoms with E-state index in [1.807, 2.05) is 29.3 Å². The van der Waals surface area contributed by atoms with Crippen molar-refractivity contribution in [2.24, 2.45) is 5.92 Å². The molecule has 1 aliphatic rings. The van der Waals surface area contributed by atoms with Crippen LogP contribution < -0.4 is 0 Å². The van der Waals surface area contributed by atoms with Gasteiger partial charge in [0.2, 0.25) is 17.6 Å². The average molecular weight is 334 g/mol. The standard InChI is InChI=1S/C16H22N4O2S/c1-3-12(2)16(21)20-8-6-19(7-9-20)11-14-17-15(18-22-14)13-5-4-10-23-13/h4-5,10,12H,3,6-9,11H2,1-2H3/t12-/m1/s1. The Morgan fingerprint density at radius 3 is 2.83 bits per heavy atom. The van der Waals surface area contributed by atoms with Crippen molar-refractivity contribution in [2.75, 3.05) is 26.2 Å². The van der Waals surface area contributed by atoms with Gasteiger partial charge in [-0.05, 0) is 17.9 Å². The molecule has 0 bridgehead atoms. The second-order valence-corrected chi connectivity index (χ2v) is 6.85.